The SMILES string of the molecule is CC(C)(C)c1ccc(Nc2cc(Cl)nc(-c3cccnc3)n2)cc1. The molecular formula is C19H19ClN4. The van der Waals surface area contributed by atoms with Crippen LogP contribution < -0.4 is 5.32 Å². The fraction of sp³-hybridized carbons (Fsp3) is 0.211. The van der Waals surface area contributed by atoms with Crippen LogP contribution >= 0.6 is 11.6 Å². The van der Waals surface area contributed by atoms with E-state index in [1.807, 2.05) is 24.3 Å². The molecule has 0 saturated heterocycles. The maximum atomic E-state index is 6.14. The molecule has 0 spiro atoms. The van der Waals surface area contributed by atoms with Crippen LogP contribution in [0.5, 0.6) is 0 Å². The van der Waals surface area contributed by atoms with Crippen molar-refractivity contribution in [2.24, 2.45) is 0 Å². The zero-order chi connectivity index (χ0) is 17.2. The molecule has 1 aromatic carbocycles. The van der Waals surface area contributed by atoms with Gasteiger partial charge in [-0.25, -0.2) is 9.97 Å². The van der Waals surface area contributed by atoms with Crippen LogP contribution in [0, 0.1) is 0 Å². The van der Waals surface area contributed by atoms with E-state index in [1.165, 1.54) is 5.56 Å². The minimum atomic E-state index is 0.129. The standard InChI is InChI=1S/C19H19ClN4/c1-19(2,3)14-6-8-15(9-7-14)22-17-11-16(20)23-18(24-17)13-5-4-10-21-12-13/h4-12H,1-3H3,(H,22,23,24). The first-order chi connectivity index (χ1) is 11.4. The van der Waals surface area contributed by atoms with Gasteiger partial charge >= 0.3 is 0 Å². The number of hydrogen-bond acceptors (Lipinski definition) is 4. The summed E-state index contributed by atoms with van der Waals surface area (Å²) in [6, 6.07) is 13.8. The second kappa shape index (κ2) is 6.57. The summed E-state index contributed by atoms with van der Waals surface area (Å²) < 4.78 is 0. The van der Waals surface area contributed by atoms with Gasteiger partial charge in [-0.3, -0.25) is 4.98 Å². The summed E-state index contributed by atoms with van der Waals surface area (Å²) in [6.07, 6.45) is 3.43. The summed E-state index contributed by atoms with van der Waals surface area (Å²) >= 11 is 6.14. The van der Waals surface area contributed by atoms with Crippen molar-refractivity contribution < 1.29 is 0 Å². The van der Waals surface area contributed by atoms with Crippen molar-refractivity contribution in [3.05, 3.63) is 65.6 Å². The molecule has 0 aliphatic heterocycles. The van der Waals surface area contributed by atoms with E-state index < -0.39 is 0 Å². The molecule has 122 valence electrons. The molecule has 0 unspecified atom stereocenters. The van der Waals surface area contributed by atoms with E-state index in [1.54, 1.807) is 18.5 Å². The first-order valence-corrected chi connectivity index (χ1v) is 8.12. The maximum Gasteiger partial charge on any atom is 0.164 e. The lowest BCUT2D eigenvalue weighted by Gasteiger charge is -2.19. The fourth-order valence-electron chi connectivity index (χ4n) is 2.31. The number of pyridine rings is 1. The van der Waals surface area contributed by atoms with Crippen molar-refractivity contribution in [3.63, 3.8) is 0 Å². The van der Waals surface area contributed by atoms with E-state index in [0.29, 0.717) is 16.8 Å². The van der Waals surface area contributed by atoms with E-state index in [-0.39, 0.29) is 5.41 Å². The van der Waals surface area contributed by atoms with Crippen molar-refractivity contribution in [2.75, 3.05) is 5.32 Å². The van der Waals surface area contributed by atoms with Crippen molar-refractivity contribution in [1.29, 1.82) is 0 Å². The van der Waals surface area contributed by atoms with Gasteiger partial charge < -0.3 is 5.32 Å². The summed E-state index contributed by atoms with van der Waals surface area (Å²) in [5.74, 6) is 1.20. The lowest BCUT2D eigenvalue weighted by atomic mass is 9.87. The van der Waals surface area contributed by atoms with Crippen molar-refractivity contribution >= 4 is 23.1 Å². The molecule has 0 bridgehead atoms. The van der Waals surface area contributed by atoms with E-state index in [4.69, 9.17) is 11.6 Å². The maximum absolute atomic E-state index is 6.14. The number of anilines is 2. The predicted molar refractivity (Wildman–Crippen MR) is 98.7 cm³/mol. The Labute approximate surface area is 147 Å². The van der Waals surface area contributed by atoms with Crippen molar-refractivity contribution in [2.45, 2.75) is 26.2 Å². The smallest absolute Gasteiger partial charge is 0.164 e. The number of rotatable bonds is 3. The summed E-state index contributed by atoms with van der Waals surface area (Å²) in [5, 5.41) is 3.66. The number of aromatic nitrogens is 3. The Hall–Kier alpha value is -2.46. The Kier molecular flexibility index (Phi) is 4.49. The van der Waals surface area contributed by atoms with Crippen LogP contribution in [0.2, 0.25) is 5.15 Å². The van der Waals surface area contributed by atoms with Gasteiger partial charge in [0.2, 0.25) is 0 Å². The molecule has 0 aliphatic carbocycles. The first kappa shape index (κ1) is 16.4. The lowest BCUT2D eigenvalue weighted by Crippen LogP contribution is -2.10. The van der Waals surface area contributed by atoms with Crippen molar-refractivity contribution in [1.82, 2.24) is 15.0 Å². The van der Waals surface area contributed by atoms with Gasteiger partial charge in [-0.1, -0.05) is 44.5 Å². The third-order valence-electron chi connectivity index (χ3n) is 3.64. The highest BCUT2D eigenvalue weighted by atomic mass is 35.5. The van der Waals surface area contributed by atoms with Gasteiger partial charge in [0.1, 0.15) is 11.0 Å². The van der Waals surface area contributed by atoms with Crippen molar-refractivity contribution in [3.8, 4) is 11.4 Å². The molecule has 0 saturated carbocycles. The number of benzene rings is 1. The van der Waals surface area contributed by atoms with Gasteiger partial charge in [-0.2, -0.15) is 0 Å². The third kappa shape index (κ3) is 3.89. The van der Waals surface area contributed by atoms with E-state index in [2.05, 4.69) is 53.2 Å². The molecule has 24 heavy (non-hydrogen) atoms. The van der Waals surface area contributed by atoms with Gasteiger partial charge in [0.25, 0.3) is 0 Å². The normalized spacial score (nSPS) is 11.3. The molecule has 3 rings (SSSR count). The van der Waals surface area contributed by atoms with Gasteiger partial charge in [0.05, 0.1) is 0 Å². The molecule has 2 heterocycles. The second-order valence-corrected chi connectivity index (χ2v) is 6.98. The highest BCUT2D eigenvalue weighted by Gasteiger charge is 2.13. The molecule has 4 nitrogen and oxygen atoms in total. The molecule has 0 fully saturated rings. The van der Waals surface area contributed by atoms with Gasteiger partial charge in [0, 0.05) is 29.7 Å². The Balaban J connectivity index is 1.87. The Morgan fingerprint density at radius 2 is 1.75 bits per heavy atom. The molecular weight excluding hydrogens is 320 g/mol. The summed E-state index contributed by atoms with van der Waals surface area (Å²) in [4.78, 5) is 12.9. The van der Waals surface area contributed by atoms with E-state index in [9.17, 15) is 0 Å². The minimum Gasteiger partial charge on any atom is -0.340 e. The Morgan fingerprint density at radius 1 is 1.00 bits per heavy atom. The highest BCUT2D eigenvalue weighted by molar-refractivity contribution is 6.29. The summed E-state index contributed by atoms with van der Waals surface area (Å²) in [6.45, 7) is 6.58. The topological polar surface area (TPSA) is 50.7 Å². The Bertz CT molecular complexity index is 824. The largest absolute Gasteiger partial charge is 0.340 e. The van der Waals surface area contributed by atoms with E-state index in [0.717, 1.165) is 11.3 Å². The summed E-state index contributed by atoms with van der Waals surface area (Å²) in [5.41, 5.74) is 3.19. The van der Waals surface area contributed by atoms with Crippen LogP contribution in [0.4, 0.5) is 11.5 Å². The molecule has 0 radical (unpaired) electrons. The third-order valence-corrected chi connectivity index (χ3v) is 3.83. The molecule has 1 N–H and O–H groups in total. The zero-order valence-electron chi connectivity index (χ0n) is 13.9. The molecule has 0 amide bonds. The average molecular weight is 339 g/mol. The molecule has 0 atom stereocenters. The zero-order valence-corrected chi connectivity index (χ0v) is 14.7. The van der Waals surface area contributed by atoms with Crippen LogP contribution in [-0.2, 0) is 5.41 Å². The predicted octanol–water partition coefficient (Wildman–Crippen LogP) is 5.23. The minimum absolute atomic E-state index is 0.129. The van der Waals surface area contributed by atoms with Crippen LogP contribution in [0.1, 0.15) is 26.3 Å². The van der Waals surface area contributed by atoms with Crippen LogP contribution in [-0.4, -0.2) is 15.0 Å². The van der Waals surface area contributed by atoms with Gasteiger partial charge in [0.15, 0.2) is 5.82 Å². The van der Waals surface area contributed by atoms with Crippen LogP contribution in [0.25, 0.3) is 11.4 Å². The van der Waals surface area contributed by atoms with Gasteiger partial charge in [-0.15, -0.1) is 0 Å². The highest BCUT2D eigenvalue weighted by Crippen LogP contribution is 2.26. The second-order valence-electron chi connectivity index (χ2n) is 6.59. The lowest BCUT2D eigenvalue weighted by molar-refractivity contribution is 0.590. The molecule has 0 aliphatic rings. The molecule has 2 aromatic heterocycles. The first-order valence-electron chi connectivity index (χ1n) is 7.74. The van der Waals surface area contributed by atoms with Crippen LogP contribution in [0.3, 0.4) is 0 Å². The Morgan fingerprint density at radius 3 is 2.38 bits per heavy atom. The number of nitrogens with one attached hydrogen (secondary N) is 1. The molecule has 3 aromatic rings. The fourth-order valence-corrected chi connectivity index (χ4v) is 2.49. The average Bonchev–Trinajstić information content (AvgIpc) is 2.55. The number of hydrogen-bond donors (Lipinski definition) is 1. The quantitative estimate of drug-likeness (QED) is 0.664. The van der Waals surface area contributed by atoms with Crippen LogP contribution in [0.15, 0.2) is 54.9 Å². The number of nitrogens with zero attached hydrogens (tertiary/aromatic N) is 3. The number of halogens is 1. The summed E-state index contributed by atoms with van der Waals surface area (Å²) in [7, 11) is 0. The van der Waals surface area contributed by atoms with Gasteiger partial charge in [-0.05, 0) is 35.2 Å². The molecule has 5 heteroatoms. The van der Waals surface area contributed by atoms with E-state index >= 15 is 0 Å². The monoisotopic (exact) mass is 338 g/mol.